The van der Waals surface area contributed by atoms with Crippen LogP contribution in [0.4, 0.5) is 13.2 Å². The predicted octanol–water partition coefficient (Wildman–Crippen LogP) is 3.66. The molecule has 0 aliphatic carbocycles. The van der Waals surface area contributed by atoms with Crippen molar-refractivity contribution in [3.8, 4) is 11.5 Å². The summed E-state index contributed by atoms with van der Waals surface area (Å²) in [6, 6.07) is 2.86. The molecule has 1 N–H and O–H groups in total. The Morgan fingerprint density at radius 3 is 2.27 bits per heavy atom. The average molecular weight is 458 g/mol. The second kappa shape index (κ2) is 10.8. The average Bonchev–Trinajstić information content (AvgIpc) is 2.56. The highest BCUT2D eigenvalue weighted by atomic mass is 32.2. The van der Waals surface area contributed by atoms with E-state index in [9.17, 15) is 26.4 Å². The fraction of sp³-hybridized carbons (Fsp3) is 0.611. The van der Waals surface area contributed by atoms with Gasteiger partial charge >= 0.3 is 12.3 Å². The van der Waals surface area contributed by atoms with E-state index in [1.807, 2.05) is 13.8 Å². The molecule has 12 heteroatoms. The molecule has 1 rings (SSSR count). The standard InChI is InChI=1S/C18H25F3O8S/c1-11(2)10-27-17(12(3)4)28-15-9-13(5-6-14(15)29-18(19,20)21)16(22)26-7-8-30(23,24)25/h5-6,9,11-12,17H,7-8,10H2,1-4H3,(H,23,24,25). The fourth-order valence-corrected chi connectivity index (χ4v) is 2.33. The summed E-state index contributed by atoms with van der Waals surface area (Å²) in [5.41, 5.74) is -0.207. The minimum Gasteiger partial charge on any atom is -0.461 e. The second-order valence-corrected chi connectivity index (χ2v) is 8.66. The van der Waals surface area contributed by atoms with Gasteiger partial charge in [-0.25, -0.2) is 4.79 Å². The molecule has 0 spiro atoms. The van der Waals surface area contributed by atoms with Crippen LogP contribution < -0.4 is 9.47 Å². The van der Waals surface area contributed by atoms with Crippen LogP contribution in [0.1, 0.15) is 38.1 Å². The molecule has 172 valence electrons. The third kappa shape index (κ3) is 10.1. The van der Waals surface area contributed by atoms with Gasteiger partial charge in [0.05, 0.1) is 12.2 Å². The van der Waals surface area contributed by atoms with Gasteiger partial charge in [-0.2, -0.15) is 8.42 Å². The highest BCUT2D eigenvalue weighted by Crippen LogP contribution is 2.35. The van der Waals surface area contributed by atoms with Crippen LogP contribution in [0.25, 0.3) is 0 Å². The Labute approximate surface area is 173 Å². The Balaban J connectivity index is 3.11. The minimum atomic E-state index is -5.00. The second-order valence-electron chi connectivity index (χ2n) is 7.09. The Morgan fingerprint density at radius 2 is 1.77 bits per heavy atom. The smallest absolute Gasteiger partial charge is 0.461 e. The molecule has 1 atom stereocenters. The van der Waals surface area contributed by atoms with E-state index in [1.54, 1.807) is 13.8 Å². The van der Waals surface area contributed by atoms with Gasteiger partial charge < -0.3 is 18.9 Å². The van der Waals surface area contributed by atoms with Gasteiger partial charge in [0.15, 0.2) is 11.5 Å². The van der Waals surface area contributed by atoms with E-state index in [0.717, 1.165) is 18.2 Å². The number of halogens is 3. The lowest BCUT2D eigenvalue weighted by molar-refractivity contribution is -0.275. The Hall–Kier alpha value is -2.05. The summed E-state index contributed by atoms with van der Waals surface area (Å²) >= 11 is 0. The SMILES string of the molecule is CC(C)COC(Oc1cc(C(=O)OCCS(=O)(=O)O)ccc1OC(F)(F)F)C(C)C. The zero-order valence-electron chi connectivity index (χ0n) is 16.9. The monoisotopic (exact) mass is 458 g/mol. The summed E-state index contributed by atoms with van der Waals surface area (Å²) in [6.07, 6.45) is -5.92. The molecule has 0 fully saturated rings. The first-order valence-electron chi connectivity index (χ1n) is 8.98. The lowest BCUT2D eigenvalue weighted by Gasteiger charge is -2.25. The molecule has 0 heterocycles. The number of benzene rings is 1. The topological polar surface area (TPSA) is 108 Å². The van der Waals surface area contributed by atoms with Crippen LogP contribution in [-0.2, 0) is 19.6 Å². The first-order chi connectivity index (χ1) is 13.7. The Morgan fingerprint density at radius 1 is 1.13 bits per heavy atom. The fourth-order valence-electron chi connectivity index (χ4n) is 2.03. The molecule has 1 aromatic carbocycles. The number of carbonyl (C=O) groups is 1. The maximum Gasteiger partial charge on any atom is 0.573 e. The lowest BCUT2D eigenvalue weighted by atomic mass is 10.2. The van der Waals surface area contributed by atoms with E-state index in [2.05, 4.69) is 4.74 Å². The zero-order valence-corrected chi connectivity index (χ0v) is 17.7. The van der Waals surface area contributed by atoms with Crippen LogP contribution in [0.5, 0.6) is 11.5 Å². The first-order valence-corrected chi connectivity index (χ1v) is 10.6. The molecule has 0 saturated heterocycles. The van der Waals surface area contributed by atoms with Gasteiger partial charge in [-0.1, -0.05) is 27.7 Å². The van der Waals surface area contributed by atoms with Gasteiger partial charge in [0.25, 0.3) is 10.1 Å². The van der Waals surface area contributed by atoms with Crippen molar-refractivity contribution in [2.45, 2.75) is 40.3 Å². The van der Waals surface area contributed by atoms with Crippen molar-refractivity contribution in [1.82, 2.24) is 0 Å². The van der Waals surface area contributed by atoms with Gasteiger partial charge in [-0.3, -0.25) is 4.55 Å². The molecule has 1 aromatic rings. The predicted molar refractivity (Wildman–Crippen MR) is 99.9 cm³/mol. The maximum atomic E-state index is 12.7. The quantitative estimate of drug-likeness (QED) is 0.304. The van der Waals surface area contributed by atoms with Crippen molar-refractivity contribution in [1.29, 1.82) is 0 Å². The highest BCUT2D eigenvalue weighted by molar-refractivity contribution is 7.85. The van der Waals surface area contributed by atoms with E-state index >= 15 is 0 Å². The van der Waals surface area contributed by atoms with Crippen molar-refractivity contribution in [2.24, 2.45) is 11.8 Å². The summed E-state index contributed by atoms with van der Waals surface area (Å²) in [5.74, 6) is -3.03. The number of rotatable bonds is 11. The van der Waals surface area contributed by atoms with Crippen molar-refractivity contribution in [3.05, 3.63) is 23.8 Å². The van der Waals surface area contributed by atoms with Crippen LogP contribution in [0, 0.1) is 11.8 Å². The largest absolute Gasteiger partial charge is 0.573 e. The molecule has 0 bridgehead atoms. The molecule has 1 unspecified atom stereocenters. The number of hydrogen-bond acceptors (Lipinski definition) is 7. The minimum absolute atomic E-state index is 0.143. The van der Waals surface area contributed by atoms with Gasteiger partial charge in [-0.15, -0.1) is 13.2 Å². The number of hydrogen-bond donors (Lipinski definition) is 1. The maximum absolute atomic E-state index is 12.7. The number of carbonyl (C=O) groups excluding carboxylic acids is 1. The van der Waals surface area contributed by atoms with Gasteiger partial charge in [0.2, 0.25) is 6.29 Å². The summed E-state index contributed by atoms with van der Waals surface area (Å²) in [6.45, 7) is 6.90. The Kier molecular flexibility index (Phi) is 9.37. The molecule has 8 nitrogen and oxygen atoms in total. The normalized spacial score (nSPS) is 13.4. The van der Waals surface area contributed by atoms with Crippen LogP contribution in [-0.4, -0.2) is 50.6 Å². The van der Waals surface area contributed by atoms with Gasteiger partial charge in [0.1, 0.15) is 12.4 Å². The number of esters is 1. The van der Waals surface area contributed by atoms with Gasteiger partial charge in [-0.05, 0) is 24.1 Å². The van der Waals surface area contributed by atoms with E-state index < -0.39 is 52.6 Å². The summed E-state index contributed by atoms with van der Waals surface area (Å²) in [5, 5.41) is 0. The van der Waals surface area contributed by atoms with E-state index in [1.165, 1.54) is 0 Å². The highest BCUT2D eigenvalue weighted by Gasteiger charge is 2.33. The zero-order chi connectivity index (χ0) is 23.1. The van der Waals surface area contributed by atoms with Crippen LogP contribution >= 0.6 is 0 Å². The van der Waals surface area contributed by atoms with Crippen molar-refractivity contribution < 1.29 is 49.9 Å². The lowest BCUT2D eigenvalue weighted by Crippen LogP contribution is -2.29. The van der Waals surface area contributed by atoms with Gasteiger partial charge in [0, 0.05) is 5.92 Å². The molecular weight excluding hydrogens is 433 g/mol. The third-order valence-electron chi connectivity index (χ3n) is 3.36. The Bertz CT molecular complexity index is 806. The van der Waals surface area contributed by atoms with E-state index in [4.69, 9.17) is 18.8 Å². The van der Waals surface area contributed by atoms with Crippen LogP contribution in [0.3, 0.4) is 0 Å². The summed E-state index contributed by atoms with van der Waals surface area (Å²) < 4.78 is 88.0. The first kappa shape index (κ1) is 26.0. The number of ether oxygens (including phenoxy) is 4. The van der Waals surface area contributed by atoms with Crippen molar-refractivity contribution >= 4 is 16.1 Å². The molecule has 0 aromatic heterocycles. The van der Waals surface area contributed by atoms with Crippen molar-refractivity contribution in [3.63, 3.8) is 0 Å². The summed E-state index contributed by atoms with van der Waals surface area (Å²) in [4.78, 5) is 12.1. The molecule has 0 radical (unpaired) electrons. The van der Waals surface area contributed by atoms with E-state index in [0.29, 0.717) is 0 Å². The number of alkyl halides is 3. The molecule has 0 aliphatic heterocycles. The van der Waals surface area contributed by atoms with Crippen LogP contribution in [0.2, 0.25) is 0 Å². The molecule has 30 heavy (non-hydrogen) atoms. The van der Waals surface area contributed by atoms with Crippen molar-refractivity contribution in [2.75, 3.05) is 19.0 Å². The molecule has 0 saturated carbocycles. The molecular formula is C18H25F3O8S. The van der Waals surface area contributed by atoms with Crippen LogP contribution in [0.15, 0.2) is 18.2 Å². The third-order valence-corrected chi connectivity index (χ3v) is 4.04. The summed E-state index contributed by atoms with van der Waals surface area (Å²) in [7, 11) is -4.34. The van der Waals surface area contributed by atoms with E-state index in [-0.39, 0.29) is 24.0 Å². The molecule has 0 aliphatic rings. The molecule has 0 amide bonds.